The highest BCUT2D eigenvalue weighted by Crippen LogP contribution is 2.34. The number of rotatable bonds is 11. The van der Waals surface area contributed by atoms with Gasteiger partial charge in [0.1, 0.15) is 19.0 Å². The lowest BCUT2D eigenvalue weighted by molar-refractivity contribution is -0.169. The number of benzene rings is 1. The summed E-state index contributed by atoms with van der Waals surface area (Å²) < 4.78 is 24.5. The van der Waals surface area contributed by atoms with Crippen molar-refractivity contribution < 1.29 is 38.3 Å². The first-order valence-electron chi connectivity index (χ1n) is 9.23. The maximum atomic E-state index is 12.2. The summed E-state index contributed by atoms with van der Waals surface area (Å²) in [7, 11) is -1.12. The fourth-order valence-electron chi connectivity index (χ4n) is 2.34. The van der Waals surface area contributed by atoms with Crippen molar-refractivity contribution in [3.63, 3.8) is 0 Å². The molecular formula is C20H23N2O8P. The first kappa shape index (κ1) is 24.2. The Morgan fingerprint density at radius 2 is 2.03 bits per heavy atom. The maximum Gasteiger partial charge on any atom is 0.395 e. The molecular weight excluding hydrogens is 427 g/mol. The van der Waals surface area contributed by atoms with Crippen LogP contribution in [0.15, 0.2) is 35.2 Å². The van der Waals surface area contributed by atoms with Crippen LogP contribution in [-0.4, -0.2) is 48.7 Å². The predicted octanol–water partition coefficient (Wildman–Crippen LogP) is 2.30. The second kappa shape index (κ2) is 11.9. The molecule has 0 fully saturated rings. The lowest BCUT2D eigenvalue weighted by atomic mass is 10.1. The van der Waals surface area contributed by atoms with E-state index in [9.17, 15) is 19.6 Å². The molecule has 0 saturated heterocycles. The molecule has 31 heavy (non-hydrogen) atoms. The Hall–Kier alpha value is -3.07. The molecule has 10 nitrogen and oxygen atoms in total. The highest BCUT2D eigenvalue weighted by Gasteiger charge is 2.20. The van der Waals surface area contributed by atoms with Gasteiger partial charge in [-0.2, -0.15) is 0 Å². The van der Waals surface area contributed by atoms with E-state index in [1.165, 1.54) is 26.3 Å². The number of carbonyl (C=O) groups is 2. The number of aromatic hydroxyl groups is 1. The molecule has 0 bridgehead atoms. The van der Waals surface area contributed by atoms with E-state index >= 15 is 0 Å². The average molecular weight is 450 g/mol. The lowest BCUT2D eigenvalue weighted by Gasteiger charge is -2.12. The molecule has 0 aliphatic rings. The summed E-state index contributed by atoms with van der Waals surface area (Å²) in [5.41, 5.74) is 0.769. The van der Waals surface area contributed by atoms with Crippen molar-refractivity contribution in [2.24, 2.45) is 4.74 Å². The van der Waals surface area contributed by atoms with Gasteiger partial charge in [0, 0.05) is 18.9 Å². The van der Waals surface area contributed by atoms with E-state index < -0.39 is 20.2 Å². The number of para-hydroxylation sites is 2. The molecule has 1 heterocycles. The van der Waals surface area contributed by atoms with E-state index in [0.717, 1.165) is 0 Å². The Bertz CT molecular complexity index is 951. The number of ether oxygens (including phenoxy) is 3. The van der Waals surface area contributed by atoms with E-state index in [-0.39, 0.29) is 42.6 Å². The molecule has 1 N–H and O–H groups in total. The van der Waals surface area contributed by atoms with Crippen molar-refractivity contribution in [2.75, 3.05) is 20.3 Å². The molecule has 2 aromatic rings. The topological polar surface area (TPSA) is 140 Å². The third-order valence-electron chi connectivity index (χ3n) is 4.02. The molecule has 0 radical (unpaired) electrons. The largest absolute Gasteiger partial charge is 0.575 e. The molecule has 1 aromatic carbocycles. The second-order valence-electron chi connectivity index (χ2n) is 6.27. The maximum absolute atomic E-state index is 12.2. The fraction of sp³-hybridized carbons (Fsp3) is 0.350. The zero-order chi connectivity index (χ0) is 22.8. The van der Waals surface area contributed by atoms with E-state index in [1.807, 2.05) is 0 Å². The van der Waals surface area contributed by atoms with Crippen LogP contribution in [-0.2, 0) is 20.9 Å². The van der Waals surface area contributed by atoms with Gasteiger partial charge in [0.05, 0.1) is 17.9 Å². The van der Waals surface area contributed by atoms with Crippen LogP contribution < -0.4 is 14.2 Å². The molecule has 0 spiro atoms. The van der Waals surface area contributed by atoms with Crippen LogP contribution in [0.5, 0.6) is 17.2 Å². The Kier molecular flexibility index (Phi) is 9.33. The van der Waals surface area contributed by atoms with Gasteiger partial charge in [-0.3, -0.25) is 14.3 Å². The van der Waals surface area contributed by atoms with Crippen molar-refractivity contribution >= 4 is 20.4 Å². The Balaban J connectivity index is 2.08. The van der Waals surface area contributed by atoms with Crippen molar-refractivity contribution in [2.45, 2.75) is 26.5 Å². The highest BCUT2D eigenvalue weighted by molar-refractivity contribution is 7.34. The van der Waals surface area contributed by atoms with Crippen LogP contribution in [0.1, 0.15) is 28.5 Å². The molecule has 1 unspecified atom stereocenters. The molecule has 11 heteroatoms. The van der Waals surface area contributed by atoms with Crippen LogP contribution in [0.4, 0.5) is 0 Å². The van der Waals surface area contributed by atoms with Crippen LogP contribution >= 0.6 is 8.17 Å². The number of aryl methyl sites for hydroxylation is 1. The number of aromatic nitrogens is 1. The number of carbonyl (C=O) groups excluding carboxylic acids is 2. The minimum atomic E-state index is -2.59. The number of methoxy groups -OCH3 is 1. The summed E-state index contributed by atoms with van der Waals surface area (Å²) in [4.78, 5) is 39.4. The SMILES string of the molecule is COCCOC(=O)[C@H](C)N=[P+]([O-])Oc1ccccc1OCc1cnc(C)c(O)c1C=O. The standard InChI is InChI=1S/C20H23N2O8P/c1-13-19(24)16(11-23)15(10-21-13)12-29-17-6-4-5-7-18(17)30-31(26)22-14(2)20(25)28-9-8-27-3/h4-7,10-11,14,24H,8-9,12H2,1-3H3/t14-/m0/s1. The molecule has 2 atom stereocenters. The lowest BCUT2D eigenvalue weighted by Crippen LogP contribution is -2.20. The monoisotopic (exact) mass is 450 g/mol. The van der Waals surface area contributed by atoms with Crippen molar-refractivity contribution in [3.8, 4) is 17.2 Å². The van der Waals surface area contributed by atoms with Gasteiger partial charge in [0.15, 0.2) is 18.1 Å². The zero-order valence-corrected chi connectivity index (χ0v) is 18.2. The fourth-order valence-corrected chi connectivity index (χ4v) is 3.09. The van der Waals surface area contributed by atoms with Gasteiger partial charge in [-0.25, -0.2) is 4.79 Å². The average Bonchev–Trinajstić information content (AvgIpc) is 2.75. The van der Waals surface area contributed by atoms with Crippen LogP contribution in [0.2, 0.25) is 0 Å². The smallest absolute Gasteiger partial charge is 0.395 e. The van der Waals surface area contributed by atoms with Gasteiger partial charge in [-0.1, -0.05) is 16.9 Å². The zero-order valence-electron chi connectivity index (χ0n) is 17.3. The summed E-state index contributed by atoms with van der Waals surface area (Å²) in [6.45, 7) is 3.23. The molecule has 0 saturated carbocycles. The summed E-state index contributed by atoms with van der Waals surface area (Å²) in [6, 6.07) is 5.41. The summed E-state index contributed by atoms with van der Waals surface area (Å²) in [5, 5.41) is 9.98. The van der Waals surface area contributed by atoms with E-state index in [4.69, 9.17) is 18.7 Å². The summed E-state index contributed by atoms with van der Waals surface area (Å²) >= 11 is 0. The molecule has 0 aliphatic carbocycles. The number of hydrogen-bond acceptors (Lipinski definition) is 10. The Morgan fingerprint density at radius 3 is 2.71 bits per heavy atom. The number of esters is 1. The quantitative estimate of drug-likeness (QED) is 0.236. The third kappa shape index (κ3) is 6.99. The van der Waals surface area contributed by atoms with Gasteiger partial charge in [0.2, 0.25) is 5.75 Å². The second-order valence-corrected chi connectivity index (χ2v) is 7.15. The molecule has 0 amide bonds. The number of pyridine rings is 1. The van der Waals surface area contributed by atoms with Crippen LogP contribution in [0.25, 0.3) is 0 Å². The van der Waals surface area contributed by atoms with Crippen molar-refractivity contribution in [3.05, 3.63) is 47.3 Å². The normalized spacial score (nSPS) is 12.2. The third-order valence-corrected chi connectivity index (χ3v) is 4.91. The van der Waals surface area contributed by atoms with Gasteiger partial charge in [-0.05, 0) is 26.0 Å². The number of hydrogen-bond donors (Lipinski definition) is 1. The van der Waals surface area contributed by atoms with Gasteiger partial charge in [0.25, 0.3) is 0 Å². The molecule has 0 aliphatic heterocycles. The van der Waals surface area contributed by atoms with Crippen molar-refractivity contribution in [1.82, 2.24) is 4.98 Å². The van der Waals surface area contributed by atoms with Crippen molar-refractivity contribution in [1.29, 1.82) is 0 Å². The first-order chi connectivity index (χ1) is 14.9. The van der Waals surface area contributed by atoms with E-state index in [2.05, 4.69) is 9.73 Å². The van der Waals surface area contributed by atoms with E-state index in [1.54, 1.807) is 25.1 Å². The minimum absolute atomic E-state index is 0.0652. The molecule has 166 valence electrons. The Morgan fingerprint density at radius 1 is 1.32 bits per heavy atom. The highest BCUT2D eigenvalue weighted by atomic mass is 31.1. The summed E-state index contributed by atoms with van der Waals surface area (Å²) in [5.74, 6) is -0.506. The Labute approximate surface area is 180 Å². The minimum Gasteiger partial charge on any atom is -0.575 e. The summed E-state index contributed by atoms with van der Waals surface area (Å²) in [6.07, 6.45) is 1.95. The van der Waals surface area contributed by atoms with Gasteiger partial charge < -0.3 is 24.2 Å². The number of nitrogens with zero attached hydrogens (tertiary/aromatic N) is 2. The number of aldehydes is 1. The predicted molar refractivity (Wildman–Crippen MR) is 109 cm³/mol. The van der Waals surface area contributed by atoms with Gasteiger partial charge in [-0.15, -0.1) is 0 Å². The molecule has 1 aromatic heterocycles. The molecule has 2 rings (SSSR count). The van der Waals surface area contributed by atoms with Gasteiger partial charge >= 0.3 is 14.1 Å². The van der Waals surface area contributed by atoms with Crippen LogP contribution in [0.3, 0.4) is 0 Å². The van der Waals surface area contributed by atoms with Crippen LogP contribution in [0, 0.1) is 6.92 Å². The van der Waals surface area contributed by atoms with E-state index in [0.29, 0.717) is 17.5 Å². The first-order valence-corrected chi connectivity index (χ1v) is 10.4.